The maximum atomic E-state index is 11.0. The van der Waals surface area contributed by atoms with E-state index in [1.165, 1.54) is 19.3 Å². The van der Waals surface area contributed by atoms with Crippen LogP contribution in [-0.4, -0.2) is 52.6 Å². The Hall–Kier alpha value is -0.930. The fraction of sp³-hybridized carbons (Fsp3) is 0.706. The summed E-state index contributed by atoms with van der Waals surface area (Å²) >= 11 is 1.62. The first-order chi connectivity index (χ1) is 10.6. The summed E-state index contributed by atoms with van der Waals surface area (Å²) in [5.74, 6) is 2.64. The Bertz CT molecular complexity index is 538. The van der Waals surface area contributed by atoms with Crippen LogP contribution in [0.15, 0.2) is 5.38 Å². The molecule has 2 heterocycles. The predicted molar refractivity (Wildman–Crippen MR) is 89.6 cm³/mol. The summed E-state index contributed by atoms with van der Waals surface area (Å²) in [7, 11) is 1.99. The van der Waals surface area contributed by atoms with Crippen molar-refractivity contribution in [1.82, 2.24) is 14.8 Å². The molecule has 2 aliphatic rings. The third-order valence-corrected chi connectivity index (χ3v) is 5.84. The maximum absolute atomic E-state index is 11.0. The number of hydrogen-bond acceptors (Lipinski definition) is 5. The van der Waals surface area contributed by atoms with E-state index in [9.17, 15) is 5.11 Å². The lowest BCUT2D eigenvalue weighted by atomic mass is 9.84. The molecule has 0 spiro atoms. The minimum atomic E-state index is -0.736. The third kappa shape index (κ3) is 3.36. The summed E-state index contributed by atoms with van der Waals surface area (Å²) in [6, 6.07) is 0.771. The van der Waals surface area contributed by atoms with Gasteiger partial charge in [0.25, 0.3) is 0 Å². The van der Waals surface area contributed by atoms with E-state index in [-0.39, 0.29) is 0 Å². The molecule has 3 rings (SSSR count). The van der Waals surface area contributed by atoms with Crippen molar-refractivity contribution in [3.8, 4) is 12.3 Å². The van der Waals surface area contributed by atoms with Crippen molar-refractivity contribution in [3.05, 3.63) is 16.1 Å². The molecule has 0 bridgehead atoms. The Labute approximate surface area is 137 Å². The lowest BCUT2D eigenvalue weighted by Crippen LogP contribution is -2.49. The van der Waals surface area contributed by atoms with Crippen LogP contribution in [0.2, 0.25) is 0 Å². The number of nitrogens with zero attached hydrogens (tertiary/aromatic N) is 3. The van der Waals surface area contributed by atoms with Crippen molar-refractivity contribution >= 4 is 11.3 Å². The SMILES string of the molecule is C#CCN(C)Cc1nc(C2(O)CCN(C3CCC3)CC2)cs1. The summed E-state index contributed by atoms with van der Waals surface area (Å²) in [4.78, 5) is 9.28. The van der Waals surface area contributed by atoms with Gasteiger partial charge in [0.15, 0.2) is 0 Å². The Balaban J connectivity index is 1.59. The number of thiazole rings is 1. The summed E-state index contributed by atoms with van der Waals surface area (Å²) in [5.41, 5.74) is 0.120. The highest BCUT2D eigenvalue weighted by Gasteiger charge is 2.38. The van der Waals surface area contributed by atoms with Crippen molar-refractivity contribution in [2.24, 2.45) is 0 Å². The van der Waals surface area contributed by atoms with E-state index in [0.717, 1.165) is 49.2 Å². The van der Waals surface area contributed by atoms with Gasteiger partial charge in [0.2, 0.25) is 0 Å². The van der Waals surface area contributed by atoms with E-state index >= 15 is 0 Å². The van der Waals surface area contributed by atoms with Crippen molar-refractivity contribution < 1.29 is 5.11 Å². The molecule has 0 unspecified atom stereocenters. The number of aromatic nitrogens is 1. The van der Waals surface area contributed by atoms with Gasteiger partial charge in [0, 0.05) is 24.5 Å². The second-order valence-electron chi connectivity index (χ2n) is 6.66. The van der Waals surface area contributed by atoms with Gasteiger partial charge in [-0.15, -0.1) is 17.8 Å². The van der Waals surface area contributed by atoms with Crippen LogP contribution in [-0.2, 0) is 12.1 Å². The van der Waals surface area contributed by atoms with Crippen LogP contribution in [0, 0.1) is 12.3 Å². The highest BCUT2D eigenvalue weighted by molar-refractivity contribution is 7.09. The van der Waals surface area contributed by atoms with E-state index in [1.54, 1.807) is 11.3 Å². The number of likely N-dealkylation sites (tertiary alicyclic amines) is 1. The van der Waals surface area contributed by atoms with Crippen LogP contribution in [0.5, 0.6) is 0 Å². The number of rotatable bonds is 5. The molecule has 1 saturated heterocycles. The van der Waals surface area contributed by atoms with Gasteiger partial charge in [-0.25, -0.2) is 4.98 Å². The number of terminal acetylenes is 1. The molecule has 1 aliphatic carbocycles. The van der Waals surface area contributed by atoms with E-state index in [1.807, 2.05) is 12.4 Å². The van der Waals surface area contributed by atoms with Gasteiger partial charge < -0.3 is 10.0 Å². The molecule has 1 saturated carbocycles. The summed E-state index contributed by atoms with van der Waals surface area (Å²) in [6.45, 7) is 3.35. The Morgan fingerprint density at radius 2 is 2.23 bits per heavy atom. The van der Waals surface area contributed by atoms with Crippen molar-refractivity contribution in [3.63, 3.8) is 0 Å². The zero-order chi connectivity index (χ0) is 15.6. The highest BCUT2D eigenvalue weighted by Crippen LogP contribution is 2.36. The van der Waals surface area contributed by atoms with Crippen LogP contribution >= 0.6 is 11.3 Å². The van der Waals surface area contributed by atoms with Crippen LogP contribution in [0.25, 0.3) is 0 Å². The molecule has 1 aromatic heterocycles. The lowest BCUT2D eigenvalue weighted by Gasteiger charge is -2.44. The standard InChI is InChI=1S/C17H25N3OS/c1-3-9-19(2)12-16-18-15(13-22-16)17(21)7-10-20(11-8-17)14-5-4-6-14/h1,13-14,21H,4-12H2,2H3. The van der Waals surface area contributed by atoms with Crippen molar-refractivity contribution in [2.75, 3.05) is 26.7 Å². The molecule has 1 N–H and O–H groups in total. The minimum Gasteiger partial charge on any atom is -0.383 e. The Morgan fingerprint density at radius 3 is 2.82 bits per heavy atom. The summed E-state index contributed by atoms with van der Waals surface area (Å²) in [5, 5.41) is 14.0. The normalized spacial score (nSPS) is 22.5. The topological polar surface area (TPSA) is 39.6 Å². The smallest absolute Gasteiger partial charge is 0.110 e. The summed E-state index contributed by atoms with van der Waals surface area (Å²) in [6.07, 6.45) is 11.0. The second kappa shape index (κ2) is 6.67. The number of piperidine rings is 1. The Kier molecular flexibility index (Phi) is 4.84. The van der Waals surface area contributed by atoms with Gasteiger partial charge in [-0.3, -0.25) is 4.90 Å². The number of aliphatic hydroxyl groups is 1. The average Bonchev–Trinajstić information content (AvgIpc) is 2.89. The molecule has 120 valence electrons. The van der Waals surface area contributed by atoms with Crippen LogP contribution in [0.3, 0.4) is 0 Å². The largest absolute Gasteiger partial charge is 0.383 e. The summed E-state index contributed by atoms with van der Waals surface area (Å²) < 4.78 is 0. The van der Waals surface area contributed by atoms with Crippen LogP contribution < -0.4 is 0 Å². The van der Waals surface area contributed by atoms with E-state index < -0.39 is 5.60 Å². The van der Waals surface area contributed by atoms with Crippen molar-refractivity contribution in [2.45, 2.75) is 50.3 Å². The highest BCUT2D eigenvalue weighted by atomic mass is 32.1. The first-order valence-corrected chi connectivity index (χ1v) is 9.02. The molecule has 0 radical (unpaired) electrons. The second-order valence-corrected chi connectivity index (χ2v) is 7.60. The van der Waals surface area contributed by atoms with E-state index in [2.05, 4.69) is 20.7 Å². The van der Waals surface area contributed by atoms with Gasteiger partial charge >= 0.3 is 0 Å². The monoisotopic (exact) mass is 319 g/mol. The maximum Gasteiger partial charge on any atom is 0.110 e. The first kappa shape index (κ1) is 15.9. The molecule has 0 atom stereocenters. The van der Waals surface area contributed by atoms with Crippen LogP contribution in [0.4, 0.5) is 0 Å². The first-order valence-electron chi connectivity index (χ1n) is 8.14. The van der Waals surface area contributed by atoms with E-state index in [4.69, 9.17) is 6.42 Å². The van der Waals surface area contributed by atoms with Crippen molar-refractivity contribution in [1.29, 1.82) is 0 Å². The fourth-order valence-electron chi connectivity index (χ4n) is 3.31. The Morgan fingerprint density at radius 1 is 1.50 bits per heavy atom. The fourth-order valence-corrected chi connectivity index (χ4v) is 4.27. The molecule has 0 amide bonds. The molecule has 22 heavy (non-hydrogen) atoms. The zero-order valence-corrected chi connectivity index (χ0v) is 14.1. The van der Waals surface area contributed by atoms with Gasteiger partial charge in [-0.1, -0.05) is 12.3 Å². The van der Waals surface area contributed by atoms with Crippen LogP contribution in [0.1, 0.15) is 42.8 Å². The number of hydrogen-bond donors (Lipinski definition) is 1. The van der Waals surface area contributed by atoms with Gasteiger partial charge in [-0.05, 0) is 32.7 Å². The third-order valence-electron chi connectivity index (χ3n) is 5.01. The van der Waals surface area contributed by atoms with E-state index in [0.29, 0.717) is 6.54 Å². The molecule has 4 nitrogen and oxygen atoms in total. The average molecular weight is 319 g/mol. The molecule has 1 aliphatic heterocycles. The minimum absolute atomic E-state index is 0.621. The molecule has 1 aromatic rings. The molecule has 2 fully saturated rings. The van der Waals surface area contributed by atoms with Gasteiger partial charge in [-0.2, -0.15) is 0 Å². The molecule has 5 heteroatoms. The van der Waals surface area contributed by atoms with Gasteiger partial charge in [0.1, 0.15) is 10.6 Å². The lowest BCUT2D eigenvalue weighted by molar-refractivity contribution is -0.0467. The molecule has 0 aromatic carbocycles. The quantitative estimate of drug-likeness (QED) is 0.843. The zero-order valence-electron chi connectivity index (χ0n) is 13.3. The van der Waals surface area contributed by atoms with Gasteiger partial charge in [0.05, 0.1) is 18.8 Å². The predicted octanol–water partition coefficient (Wildman–Crippen LogP) is 2.04. The molecular weight excluding hydrogens is 294 g/mol. The molecular formula is C17H25N3OS.